The summed E-state index contributed by atoms with van der Waals surface area (Å²) >= 11 is 6.61. The van der Waals surface area contributed by atoms with Gasteiger partial charge in [-0.15, -0.1) is 0 Å². The lowest BCUT2D eigenvalue weighted by molar-refractivity contribution is 0.151. The van der Waals surface area contributed by atoms with Crippen molar-refractivity contribution in [2.45, 2.75) is 51.5 Å². The Morgan fingerprint density at radius 3 is 2.29 bits per heavy atom. The first-order chi connectivity index (χ1) is 8.13. The molecule has 1 aliphatic carbocycles. The van der Waals surface area contributed by atoms with Crippen LogP contribution in [-0.2, 0) is 0 Å². The van der Waals surface area contributed by atoms with Crippen LogP contribution in [0.2, 0.25) is 0 Å². The molecule has 0 saturated heterocycles. The molecule has 0 bridgehead atoms. The zero-order valence-corrected chi connectivity index (χ0v) is 13.5. The van der Waals surface area contributed by atoms with Crippen molar-refractivity contribution in [3.8, 4) is 0 Å². The molecule has 17 heavy (non-hydrogen) atoms. The van der Waals surface area contributed by atoms with Crippen molar-refractivity contribution in [3.63, 3.8) is 0 Å². The van der Waals surface area contributed by atoms with Gasteiger partial charge in [0.25, 0.3) is 0 Å². The van der Waals surface area contributed by atoms with E-state index in [4.69, 9.17) is 0 Å². The van der Waals surface area contributed by atoms with Gasteiger partial charge in [-0.3, -0.25) is 0 Å². The maximum absolute atomic E-state index is 4.66. The summed E-state index contributed by atoms with van der Waals surface area (Å²) in [4.78, 5) is 2.55. The number of nitrogens with zero attached hydrogens (tertiary/aromatic N) is 1. The molecule has 3 heteroatoms. The summed E-state index contributed by atoms with van der Waals surface area (Å²) in [6.07, 6.45) is 10.6. The first kappa shape index (κ1) is 15.7. The third-order valence-corrected chi connectivity index (χ3v) is 5.73. The van der Waals surface area contributed by atoms with Crippen LogP contribution in [0.15, 0.2) is 0 Å². The molecule has 102 valence electrons. The Bertz CT molecular complexity index is 200. The Labute approximate surface area is 118 Å². The molecule has 0 N–H and O–H groups in total. The molecule has 0 spiro atoms. The van der Waals surface area contributed by atoms with E-state index in [0.717, 1.165) is 5.75 Å². The van der Waals surface area contributed by atoms with Gasteiger partial charge in [-0.1, -0.05) is 25.7 Å². The van der Waals surface area contributed by atoms with Crippen molar-refractivity contribution in [1.82, 2.24) is 4.90 Å². The molecule has 0 amide bonds. The van der Waals surface area contributed by atoms with E-state index in [9.17, 15) is 0 Å². The number of thiol groups is 1. The number of hydrogen-bond donors (Lipinski definition) is 1. The molecule has 1 fully saturated rings. The summed E-state index contributed by atoms with van der Waals surface area (Å²) in [7, 11) is 2.29. The highest BCUT2D eigenvalue weighted by Gasteiger charge is 2.31. The van der Waals surface area contributed by atoms with Gasteiger partial charge in [0, 0.05) is 18.3 Å². The topological polar surface area (TPSA) is 3.24 Å². The summed E-state index contributed by atoms with van der Waals surface area (Å²) in [5.41, 5.74) is 0.487. The zero-order valence-electron chi connectivity index (χ0n) is 11.7. The molecule has 1 unspecified atom stereocenters. The Balaban J connectivity index is 2.54. The predicted molar refractivity (Wildman–Crippen MR) is 84.5 cm³/mol. The lowest BCUT2D eigenvalue weighted by Gasteiger charge is -2.37. The Morgan fingerprint density at radius 2 is 1.82 bits per heavy atom. The second-order valence-corrected chi connectivity index (χ2v) is 7.02. The second kappa shape index (κ2) is 7.96. The number of thioether (sulfide) groups is 1. The predicted octanol–water partition coefficient (Wildman–Crippen LogP) is 3.94. The van der Waals surface area contributed by atoms with E-state index in [1.165, 1.54) is 50.8 Å². The minimum atomic E-state index is 0.487. The van der Waals surface area contributed by atoms with Gasteiger partial charge in [0.1, 0.15) is 0 Å². The summed E-state index contributed by atoms with van der Waals surface area (Å²) in [5, 5.41) is 0. The van der Waals surface area contributed by atoms with E-state index in [2.05, 4.69) is 37.8 Å². The highest BCUT2D eigenvalue weighted by Crippen LogP contribution is 2.37. The van der Waals surface area contributed by atoms with E-state index in [-0.39, 0.29) is 0 Å². The molecular weight excluding hydrogens is 246 g/mol. The standard InChI is InChI=1S/C14H29NS2/c1-13(10-17-3)15(2)11-14(12-16)8-6-4-5-7-9-14/h13,16H,4-12H2,1-3H3. The van der Waals surface area contributed by atoms with Crippen molar-refractivity contribution >= 4 is 24.4 Å². The van der Waals surface area contributed by atoms with Gasteiger partial charge >= 0.3 is 0 Å². The fraction of sp³-hybridized carbons (Fsp3) is 1.00. The van der Waals surface area contributed by atoms with Gasteiger partial charge < -0.3 is 4.90 Å². The van der Waals surface area contributed by atoms with Crippen molar-refractivity contribution in [2.24, 2.45) is 5.41 Å². The molecule has 0 heterocycles. The van der Waals surface area contributed by atoms with E-state index in [1.54, 1.807) is 0 Å². The smallest absolute Gasteiger partial charge is 0.0155 e. The summed E-state index contributed by atoms with van der Waals surface area (Å²) in [6, 6.07) is 0.685. The fourth-order valence-corrected chi connectivity index (χ4v) is 4.05. The van der Waals surface area contributed by atoms with Crippen LogP contribution >= 0.6 is 24.4 Å². The van der Waals surface area contributed by atoms with Gasteiger partial charge in [-0.25, -0.2) is 0 Å². The lowest BCUT2D eigenvalue weighted by Crippen LogP contribution is -2.42. The quantitative estimate of drug-likeness (QED) is 0.578. The van der Waals surface area contributed by atoms with Crippen LogP contribution in [0.25, 0.3) is 0 Å². The van der Waals surface area contributed by atoms with Crippen LogP contribution in [0.1, 0.15) is 45.4 Å². The zero-order chi connectivity index (χ0) is 12.7. The molecule has 0 radical (unpaired) electrons. The van der Waals surface area contributed by atoms with Gasteiger partial charge in [-0.05, 0) is 44.2 Å². The molecule has 0 aromatic rings. The van der Waals surface area contributed by atoms with E-state index >= 15 is 0 Å². The van der Waals surface area contributed by atoms with Crippen molar-refractivity contribution < 1.29 is 0 Å². The van der Waals surface area contributed by atoms with Crippen LogP contribution in [-0.4, -0.2) is 42.3 Å². The van der Waals surface area contributed by atoms with E-state index < -0.39 is 0 Å². The second-order valence-electron chi connectivity index (χ2n) is 5.79. The number of rotatable bonds is 6. The summed E-state index contributed by atoms with van der Waals surface area (Å²) in [5.74, 6) is 2.29. The minimum absolute atomic E-state index is 0.487. The third-order valence-electron chi connectivity index (χ3n) is 4.24. The molecule has 0 aliphatic heterocycles. The molecule has 1 atom stereocenters. The SMILES string of the molecule is CSCC(C)N(C)CC1(CS)CCCCCC1. The Hall–Kier alpha value is 0.660. The van der Waals surface area contributed by atoms with Crippen molar-refractivity contribution in [3.05, 3.63) is 0 Å². The van der Waals surface area contributed by atoms with Crippen LogP contribution in [0.4, 0.5) is 0 Å². The molecular formula is C14H29NS2. The van der Waals surface area contributed by atoms with Crippen LogP contribution in [0.3, 0.4) is 0 Å². The molecule has 1 saturated carbocycles. The maximum atomic E-state index is 4.66. The van der Waals surface area contributed by atoms with Crippen LogP contribution in [0, 0.1) is 5.41 Å². The normalized spacial score (nSPS) is 22.4. The fourth-order valence-electron chi connectivity index (χ4n) is 2.90. The van der Waals surface area contributed by atoms with E-state index in [1.807, 2.05) is 11.8 Å². The lowest BCUT2D eigenvalue weighted by atomic mass is 9.81. The first-order valence-corrected chi connectivity index (χ1v) is 8.96. The Morgan fingerprint density at radius 1 is 1.24 bits per heavy atom. The summed E-state index contributed by atoms with van der Waals surface area (Å²) < 4.78 is 0. The first-order valence-electron chi connectivity index (χ1n) is 6.93. The highest BCUT2D eigenvalue weighted by atomic mass is 32.2. The molecule has 1 nitrogen and oxygen atoms in total. The number of hydrogen-bond acceptors (Lipinski definition) is 3. The van der Waals surface area contributed by atoms with Gasteiger partial charge in [-0.2, -0.15) is 24.4 Å². The molecule has 0 aromatic heterocycles. The van der Waals surface area contributed by atoms with Gasteiger partial charge in [0.2, 0.25) is 0 Å². The average Bonchev–Trinajstić information content (AvgIpc) is 2.55. The molecule has 1 rings (SSSR count). The monoisotopic (exact) mass is 275 g/mol. The van der Waals surface area contributed by atoms with E-state index in [0.29, 0.717) is 11.5 Å². The Kier molecular flexibility index (Phi) is 7.36. The van der Waals surface area contributed by atoms with Gasteiger partial charge in [0.15, 0.2) is 0 Å². The molecule has 0 aromatic carbocycles. The third kappa shape index (κ3) is 5.04. The highest BCUT2D eigenvalue weighted by molar-refractivity contribution is 7.98. The minimum Gasteiger partial charge on any atom is -0.302 e. The van der Waals surface area contributed by atoms with Crippen molar-refractivity contribution in [2.75, 3.05) is 31.4 Å². The summed E-state index contributed by atoms with van der Waals surface area (Å²) in [6.45, 7) is 3.58. The molecule has 1 aliphatic rings. The maximum Gasteiger partial charge on any atom is 0.0155 e. The van der Waals surface area contributed by atoms with Crippen LogP contribution in [0.5, 0.6) is 0 Å². The van der Waals surface area contributed by atoms with Crippen LogP contribution < -0.4 is 0 Å². The largest absolute Gasteiger partial charge is 0.302 e. The van der Waals surface area contributed by atoms with Crippen molar-refractivity contribution in [1.29, 1.82) is 0 Å². The van der Waals surface area contributed by atoms with Gasteiger partial charge in [0.05, 0.1) is 0 Å². The average molecular weight is 276 g/mol.